The van der Waals surface area contributed by atoms with Crippen LogP contribution in [0.1, 0.15) is 0 Å². The van der Waals surface area contributed by atoms with Gasteiger partial charge in [0.1, 0.15) is 5.75 Å². The van der Waals surface area contributed by atoms with E-state index in [2.05, 4.69) is 0 Å². The Labute approximate surface area is 84.5 Å². The molecular formula is C8H9NO4S. The average Bonchev–Trinajstić information content (AvgIpc) is 2.14. The Kier molecular flexibility index (Phi) is 3.73. The molecule has 1 aromatic carbocycles. The Morgan fingerprint density at radius 3 is 2.79 bits per heavy atom. The van der Waals surface area contributed by atoms with Gasteiger partial charge in [0.05, 0.1) is 16.4 Å². The van der Waals surface area contributed by atoms with Gasteiger partial charge in [0.25, 0.3) is 5.69 Å². The molecule has 0 amide bonds. The molecule has 0 atom stereocenters. The molecule has 0 aliphatic heterocycles. The number of nitro benzene ring substituents is 1. The van der Waals surface area contributed by atoms with Crippen LogP contribution >= 0.6 is 11.8 Å². The molecule has 0 saturated heterocycles. The third kappa shape index (κ3) is 2.61. The van der Waals surface area contributed by atoms with Crippen molar-refractivity contribution in [3.63, 3.8) is 0 Å². The van der Waals surface area contributed by atoms with Gasteiger partial charge in [-0.05, 0) is 6.07 Å². The first-order chi connectivity index (χ1) is 6.65. The number of hydrogen-bond donors (Lipinski definition) is 2. The first-order valence-corrected chi connectivity index (χ1v) is 4.85. The number of aromatic hydroxyl groups is 1. The number of nitro groups is 1. The van der Waals surface area contributed by atoms with Gasteiger partial charge in [-0.15, -0.1) is 11.8 Å². The number of benzene rings is 1. The van der Waals surface area contributed by atoms with E-state index in [4.69, 9.17) is 10.2 Å². The minimum atomic E-state index is -0.515. The number of aliphatic hydroxyl groups is 1. The Morgan fingerprint density at radius 2 is 2.21 bits per heavy atom. The van der Waals surface area contributed by atoms with Gasteiger partial charge in [0.15, 0.2) is 0 Å². The lowest BCUT2D eigenvalue weighted by molar-refractivity contribution is -0.387. The summed E-state index contributed by atoms with van der Waals surface area (Å²) in [4.78, 5) is 10.4. The van der Waals surface area contributed by atoms with Gasteiger partial charge in [-0.2, -0.15) is 0 Å². The summed E-state index contributed by atoms with van der Waals surface area (Å²) in [5, 5.41) is 28.2. The molecule has 1 rings (SSSR count). The van der Waals surface area contributed by atoms with E-state index in [-0.39, 0.29) is 18.0 Å². The van der Waals surface area contributed by atoms with E-state index in [1.165, 1.54) is 18.2 Å². The number of aliphatic hydroxyl groups excluding tert-OH is 1. The number of nitrogens with zero attached hydrogens (tertiary/aromatic N) is 1. The molecular weight excluding hydrogens is 206 g/mol. The van der Waals surface area contributed by atoms with Crippen LogP contribution in [0.25, 0.3) is 0 Å². The third-order valence-electron chi connectivity index (χ3n) is 1.49. The summed E-state index contributed by atoms with van der Waals surface area (Å²) < 4.78 is 0. The molecule has 0 saturated carbocycles. The first kappa shape index (κ1) is 10.8. The van der Waals surface area contributed by atoms with Gasteiger partial charge in [0, 0.05) is 17.9 Å². The van der Waals surface area contributed by atoms with Crippen molar-refractivity contribution in [2.24, 2.45) is 0 Å². The molecule has 0 spiro atoms. The van der Waals surface area contributed by atoms with E-state index in [1.54, 1.807) is 0 Å². The molecule has 14 heavy (non-hydrogen) atoms. The Balaban J connectivity index is 2.97. The van der Waals surface area contributed by atoms with E-state index in [0.717, 1.165) is 11.8 Å². The van der Waals surface area contributed by atoms with Crippen molar-refractivity contribution in [2.75, 3.05) is 12.4 Å². The number of phenolic OH excluding ortho intramolecular Hbond substituents is 1. The number of thioether (sulfide) groups is 1. The molecule has 76 valence electrons. The molecule has 0 radical (unpaired) electrons. The summed E-state index contributed by atoms with van der Waals surface area (Å²) in [5.74, 6) is 0.348. The molecule has 0 aromatic heterocycles. The van der Waals surface area contributed by atoms with Crippen LogP contribution in [0, 0.1) is 10.1 Å². The number of rotatable bonds is 4. The Bertz CT molecular complexity index is 342. The van der Waals surface area contributed by atoms with E-state index >= 15 is 0 Å². The first-order valence-electron chi connectivity index (χ1n) is 3.86. The smallest absolute Gasteiger partial charge is 0.283 e. The fourth-order valence-electron chi connectivity index (χ4n) is 0.925. The van der Waals surface area contributed by atoms with Crippen molar-refractivity contribution >= 4 is 17.4 Å². The molecule has 0 heterocycles. The summed E-state index contributed by atoms with van der Waals surface area (Å²) in [6.07, 6.45) is 0. The zero-order valence-electron chi connectivity index (χ0n) is 7.21. The quantitative estimate of drug-likeness (QED) is 0.450. The van der Waals surface area contributed by atoms with E-state index < -0.39 is 4.92 Å². The summed E-state index contributed by atoms with van der Waals surface area (Å²) in [7, 11) is 0. The van der Waals surface area contributed by atoms with Gasteiger partial charge < -0.3 is 10.2 Å². The molecule has 5 nitrogen and oxygen atoms in total. The molecule has 0 aliphatic carbocycles. The summed E-state index contributed by atoms with van der Waals surface area (Å²) in [6, 6.07) is 3.83. The summed E-state index contributed by atoms with van der Waals surface area (Å²) >= 11 is 1.14. The predicted molar refractivity (Wildman–Crippen MR) is 52.6 cm³/mol. The van der Waals surface area contributed by atoms with Crippen LogP contribution in [0.15, 0.2) is 23.1 Å². The summed E-state index contributed by atoms with van der Waals surface area (Å²) in [5.41, 5.74) is -0.0544. The second kappa shape index (κ2) is 4.83. The largest absolute Gasteiger partial charge is 0.508 e. The maximum atomic E-state index is 10.5. The van der Waals surface area contributed by atoms with Crippen LogP contribution in [-0.4, -0.2) is 27.5 Å². The highest BCUT2D eigenvalue weighted by Crippen LogP contribution is 2.31. The lowest BCUT2D eigenvalue weighted by atomic mass is 10.3. The molecule has 0 fully saturated rings. The van der Waals surface area contributed by atoms with Crippen LogP contribution in [0.5, 0.6) is 5.75 Å². The fourth-order valence-corrected chi connectivity index (χ4v) is 1.73. The molecule has 0 bridgehead atoms. The van der Waals surface area contributed by atoms with E-state index in [0.29, 0.717) is 10.6 Å². The number of phenols is 1. The SMILES string of the molecule is O=[N+]([O-])c1ccc(O)cc1SCCO. The lowest BCUT2D eigenvalue weighted by Gasteiger charge is -2.01. The number of hydrogen-bond acceptors (Lipinski definition) is 5. The molecule has 1 aromatic rings. The minimum Gasteiger partial charge on any atom is -0.508 e. The highest BCUT2D eigenvalue weighted by atomic mass is 32.2. The van der Waals surface area contributed by atoms with E-state index in [9.17, 15) is 10.1 Å². The van der Waals surface area contributed by atoms with Gasteiger partial charge >= 0.3 is 0 Å². The van der Waals surface area contributed by atoms with Crippen LogP contribution in [0.3, 0.4) is 0 Å². The molecule has 0 aliphatic rings. The summed E-state index contributed by atoms with van der Waals surface area (Å²) in [6.45, 7) is -0.0581. The highest BCUT2D eigenvalue weighted by Gasteiger charge is 2.13. The van der Waals surface area contributed by atoms with Crippen LogP contribution in [-0.2, 0) is 0 Å². The van der Waals surface area contributed by atoms with Crippen molar-refractivity contribution in [1.82, 2.24) is 0 Å². The van der Waals surface area contributed by atoms with Gasteiger partial charge in [-0.3, -0.25) is 10.1 Å². The van der Waals surface area contributed by atoms with Crippen molar-refractivity contribution in [3.05, 3.63) is 28.3 Å². The van der Waals surface area contributed by atoms with Gasteiger partial charge in [0.2, 0.25) is 0 Å². The van der Waals surface area contributed by atoms with Crippen molar-refractivity contribution in [3.8, 4) is 5.75 Å². The van der Waals surface area contributed by atoms with Crippen LogP contribution in [0.4, 0.5) is 5.69 Å². The fraction of sp³-hybridized carbons (Fsp3) is 0.250. The topological polar surface area (TPSA) is 83.6 Å². The van der Waals surface area contributed by atoms with Crippen molar-refractivity contribution in [2.45, 2.75) is 4.90 Å². The molecule has 0 unspecified atom stereocenters. The molecule has 2 N–H and O–H groups in total. The standard InChI is InChI=1S/C8H9NO4S/c10-3-4-14-8-5-6(11)1-2-7(8)9(12)13/h1-2,5,10-11H,3-4H2. The average molecular weight is 215 g/mol. The zero-order valence-corrected chi connectivity index (χ0v) is 8.03. The minimum absolute atomic E-state index is 0.0176. The van der Waals surface area contributed by atoms with Crippen molar-refractivity contribution in [1.29, 1.82) is 0 Å². The Morgan fingerprint density at radius 1 is 1.50 bits per heavy atom. The second-order valence-corrected chi connectivity index (χ2v) is 3.62. The maximum Gasteiger partial charge on any atom is 0.283 e. The molecule has 6 heteroatoms. The maximum absolute atomic E-state index is 10.5. The Hall–Kier alpha value is -1.27. The predicted octanol–water partition coefficient (Wildman–Crippen LogP) is 1.38. The second-order valence-electron chi connectivity index (χ2n) is 2.48. The highest BCUT2D eigenvalue weighted by molar-refractivity contribution is 7.99. The van der Waals surface area contributed by atoms with Gasteiger partial charge in [-0.1, -0.05) is 0 Å². The zero-order chi connectivity index (χ0) is 10.6. The van der Waals surface area contributed by atoms with Crippen molar-refractivity contribution < 1.29 is 15.1 Å². The monoisotopic (exact) mass is 215 g/mol. The van der Waals surface area contributed by atoms with Gasteiger partial charge in [-0.25, -0.2) is 0 Å². The van der Waals surface area contributed by atoms with Crippen LogP contribution in [0.2, 0.25) is 0 Å². The van der Waals surface area contributed by atoms with Crippen LogP contribution < -0.4 is 0 Å². The van der Waals surface area contributed by atoms with E-state index in [1.807, 2.05) is 0 Å². The normalized spacial score (nSPS) is 10.1. The lowest BCUT2D eigenvalue weighted by Crippen LogP contribution is -1.92. The third-order valence-corrected chi connectivity index (χ3v) is 2.51.